The molecule has 0 aromatic heterocycles. The zero-order valence-electron chi connectivity index (χ0n) is 13.8. The van der Waals surface area contributed by atoms with E-state index in [-0.39, 0.29) is 11.9 Å². The first kappa shape index (κ1) is 17.8. The van der Waals surface area contributed by atoms with Crippen LogP contribution >= 0.6 is 0 Å². The van der Waals surface area contributed by atoms with Gasteiger partial charge in [-0.25, -0.2) is 13.6 Å². The van der Waals surface area contributed by atoms with E-state index >= 15 is 0 Å². The molecule has 1 heterocycles. The number of nitrogens with two attached hydrogens (primary N) is 1. The van der Waals surface area contributed by atoms with Gasteiger partial charge in [0.2, 0.25) is 10.0 Å². The summed E-state index contributed by atoms with van der Waals surface area (Å²) in [5.41, 5.74) is 3.14. The summed E-state index contributed by atoms with van der Waals surface area (Å²) in [7, 11) is -4.80. The van der Waals surface area contributed by atoms with Crippen molar-refractivity contribution in [1.82, 2.24) is 0 Å². The predicted molar refractivity (Wildman–Crippen MR) is 99.2 cm³/mol. The minimum Gasteiger partial charge on any atom is -0.485 e. The van der Waals surface area contributed by atoms with Gasteiger partial charge in [0.15, 0.2) is 0 Å². The second kappa shape index (κ2) is 6.74. The van der Waals surface area contributed by atoms with Crippen LogP contribution in [-0.2, 0) is 26.6 Å². The van der Waals surface area contributed by atoms with E-state index in [9.17, 15) is 12.6 Å². The Hall–Kier alpha value is -1.96. The van der Waals surface area contributed by atoms with Crippen LogP contribution in [0.4, 0.5) is 0 Å². The molecule has 132 valence electrons. The Morgan fingerprint density at radius 3 is 2.72 bits per heavy atom. The van der Waals surface area contributed by atoms with Crippen LogP contribution < -0.4 is 9.88 Å². The van der Waals surface area contributed by atoms with Crippen LogP contribution in [0, 0.1) is 0 Å². The molecule has 0 radical (unpaired) electrons. The molecule has 5 nitrogen and oxygen atoms in total. The van der Waals surface area contributed by atoms with E-state index in [0.717, 1.165) is 16.7 Å². The van der Waals surface area contributed by atoms with Crippen LogP contribution in [0.5, 0.6) is 5.75 Å². The maximum atomic E-state index is 12.1. The Bertz CT molecular complexity index is 967. The topological polar surface area (TPSA) is 86.5 Å². The second-order valence-corrected chi connectivity index (χ2v) is 8.91. The Morgan fingerprint density at radius 2 is 2.08 bits per heavy atom. The SMILES string of the molecule is C=CCC1Oc2cccc(S(C)=O)c2-c2ccc(CS(N)(=O)=O)cc21. The average Bonchev–Trinajstić information content (AvgIpc) is 2.53. The van der Waals surface area contributed by atoms with Crippen LogP contribution in [0.1, 0.15) is 23.7 Å². The van der Waals surface area contributed by atoms with E-state index in [0.29, 0.717) is 22.6 Å². The van der Waals surface area contributed by atoms with Gasteiger partial charge in [0, 0.05) is 23.8 Å². The van der Waals surface area contributed by atoms with Crippen molar-refractivity contribution in [2.45, 2.75) is 23.2 Å². The van der Waals surface area contributed by atoms with Gasteiger partial charge in [-0.2, -0.15) is 0 Å². The summed E-state index contributed by atoms with van der Waals surface area (Å²) in [6.07, 6.45) is 3.68. The molecule has 2 aromatic rings. The molecule has 2 aromatic carbocycles. The van der Waals surface area contributed by atoms with Crippen molar-refractivity contribution < 1.29 is 17.4 Å². The third kappa shape index (κ3) is 3.68. The summed E-state index contributed by atoms with van der Waals surface area (Å²) in [6.45, 7) is 3.77. The molecule has 2 atom stereocenters. The zero-order chi connectivity index (χ0) is 18.2. The van der Waals surface area contributed by atoms with Gasteiger partial charge in [-0.15, -0.1) is 6.58 Å². The first-order valence-corrected chi connectivity index (χ1v) is 10.9. The molecule has 3 rings (SSSR count). The van der Waals surface area contributed by atoms with Crippen LogP contribution in [0.2, 0.25) is 0 Å². The fraction of sp³-hybridized carbons (Fsp3) is 0.222. The van der Waals surface area contributed by atoms with E-state index in [1.807, 2.05) is 24.3 Å². The van der Waals surface area contributed by atoms with Crippen LogP contribution in [0.15, 0.2) is 53.9 Å². The third-order valence-electron chi connectivity index (χ3n) is 4.05. The molecule has 0 fully saturated rings. The minimum atomic E-state index is -3.63. The molecule has 7 heteroatoms. The maximum Gasteiger partial charge on any atom is 0.213 e. The van der Waals surface area contributed by atoms with E-state index in [1.54, 1.807) is 24.5 Å². The molecular weight excluding hydrogens is 358 g/mol. The van der Waals surface area contributed by atoms with Gasteiger partial charge in [-0.3, -0.25) is 4.21 Å². The lowest BCUT2D eigenvalue weighted by atomic mass is 9.90. The summed E-state index contributed by atoms with van der Waals surface area (Å²) >= 11 is 0. The highest BCUT2D eigenvalue weighted by Gasteiger charge is 2.28. The second-order valence-electron chi connectivity index (χ2n) is 5.94. The first-order valence-electron chi connectivity index (χ1n) is 7.68. The minimum absolute atomic E-state index is 0.241. The molecule has 1 aliphatic rings. The van der Waals surface area contributed by atoms with Crippen LogP contribution in [0.3, 0.4) is 0 Å². The molecule has 0 saturated heterocycles. The van der Waals surface area contributed by atoms with Crippen molar-refractivity contribution in [3.8, 4) is 16.9 Å². The number of sulfonamides is 1. The molecule has 0 aliphatic carbocycles. The normalized spacial score (nSPS) is 17.1. The van der Waals surface area contributed by atoms with Gasteiger partial charge in [-0.1, -0.05) is 30.3 Å². The van der Waals surface area contributed by atoms with Crippen LogP contribution in [0.25, 0.3) is 11.1 Å². The van der Waals surface area contributed by atoms with Crippen molar-refractivity contribution in [2.75, 3.05) is 6.26 Å². The molecular formula is C18H19NO4S2. The average molecular weight is 377 g/mol. The highest BCUT2D eigenvalue weighted by Crippen LogP contribution is 2.46. The predicted octanol–water partition coefficient (Wildman–Crippen LogP) is 2.89. The number of primary sulfonamides is 1. The lowest BCUT2D eigenvalue weighted by molar-refractivity contribution is 0.205. The highest BCUT2D eigenvalue weighted by atomic mass is 32.2. The van der Waals surface area contributed by atoms with E-state index in [2.05, 4.69) is 6.58 Å². The van der Waals surface area contributed by atoms with Crippen molar-refractivity contribution in [1.29, 1.82) is 0 Å². The van der Waals surface area contributed by atoms with Gasteiger partial charge >= 0.3 is 0 Å². The van der Waals surface area contributed by atoms with Crippen molar-refractivity contribution in [3.63, 3.8) is 0 Å². The Balaban J connectivity index is 2.21. The number of hydrogen-bond acceptors (Lipinski definition) is 4. The number of rotatable bonds is 5. The Morgan fingerprint density at radius 1 is 1.32 bits per heavy atom. The smallest absolute Gasteiger partial charge is 0.213 e. The number of ether oxygens (including phenoxy) is 1. The van der Waals surface area contributed by atoms with Gasteiger partial charge in [0.1, 0.15) is 11.9 Å². The molecule has 25 heavy (non-hydrogen) atoms. The van der Waals surface area contributed by atoms with E-state index in [4.69, 9.17) is 9.88 Å². The van der Waals surface area contributed by atoms with Gasteiger partial charge < -0.3 is 4.74 Å². The lowest BCUT2D eigenvalue weighted by Crippen LogP contribution is -2.17. The number of hydrogen-bond donors (Lipinski definition) is 1. The lowest BCUT2D eigenvalue weighted by Gasteiger charge is -2.30. The molecule has 0 bridgehead atoms. The zero-order valence-corrected chi connectivity index (χ0v) is 15.4. The Kier molecular flexibility index (Phi) is 4.81. The van der Waals surface area contributed by atoms with Gasteiger partial charge in [-0.05, 0) is 23.3 Å². The van der Waals surface area contributed by atoms with E-state index in [1.165, 1.54) is 0 Å². The summed E-state index contributed by atoms with van der Waals surface area (Å²) < 4.78 is 41.0. The summed E-state index contributed by atoms with van der Waals surface area (Å²) in [5, 5.41) is 5.16. The van der Waals surface area contributed by atoms with E-state index < -0.39 is 20.8 Å². The quantitative estimate of drug-likeness (QED) is 0.812. The maximum absolute atomic E-state index is 12.1. The van der Waals surface area contributed by atoms with Crippen molar-refractivity contribution in [3.05, 3.63) is 60.2 Å². The number of benzene rings is 2. The standard InChI is InChI=1S/C18H19NO4S2/c1-3-5-15-14-10-12(11-25(19,21)22)8-9-13(14)18-16(23-15)6-4-7-17(18)24(2)20/h3-4,6-10,15H,1,5,11H2,2H3,(H2,19,21,22). The monoisotopic (exact) mass is 377 g/mol. The molecule has 0 saturated carbocycles. The molecule has 1 aliphatic heterocycles. The fourth-order valence-corrected chi connectivity index (χ4v) is 4.50. The Labute approximate surface area is 150 Å². The molecule has 2 unspecified atom stereocenters. The fourth-order valence-electron chi connectivity index (χ4n) is 3.09. The molecule has 0 amide bonds. The number of fused-ring (bicyclic) bond motifs is 3. The first-order chi connectivity index (χ1) is 11.8. The van der Waals surface area contributed by atoms with Gasteiger partial charge in [0.05, 0.1) is 21.4 Å². The summed E-state index contributed by atoms with van der Waals surface area (Å²) in [6, 6.07) is 10.9. The van der Waals surface area contributed by atoms with Crippen molar-refractivity contribution in [2.24, 2.45) is 5.14 Å². The van der Waals surface area contributed by atoms with Gasteiger partial charge in [0.25, 0.3) is 0 Å². The molecule has 2 N–H and O–H groups in total. The third-order valence-corrected chi connectivity index (χ3v) is 5.74. The van der Waals surface area contributed by atoms with Crippen molar-refractivity contribution >= 4 is 20.8 Å². The summed E-state index contributed by atoms with van der Waals surface area (Å²) in [4.78, 5) is 0.690. The molecule has 0 spiro atoms. The highest BCUT2D eigenvalue weighted by molar-refractivity contribution is 7.88. The largest absolute Gasteiger partial charge is 0.485 e. The van der Waals surface area contributed by atoms with Crippen LogP contribution in [-0.4, -0.2) is 18.9 Å². The summed E-state index contributed by atoms with van der Waals surface area (Å²) in [5.74, 6) is 0.432.